The van der Waals surface area contributed by atoms with E-state index in [-0.39, 0.29) is 5.91 Å². The minimum atomic E-state index is 0.189. The first-order chi connectivity index (χ1) is 13.3. The summed E-state index contributed by atoms with van der Waals surface area (Å²) in [4.78, 5) is 20.0. The molecule has 1 saturated heterocycles. The maximum absolute atomic E-state index is 13.1. The van der Waals surface area contributed by atoms with Crippen LogP contribution >= 0.6 is 11.3 Å². The summed E-state index contributed by atoms with van der Waals surface area (Å²) >= 11 is 1.78. The molecule has 3 nitrogen and oxygen atoms in total. The standard InChI is InChI=1S/C23H24N2OS/c26-23(18-12-11-16-6-1-2-7-17(16)14-18)25-13-5-8-19(15-25)22-24-20-9-3-4-10-21(20)27-22/h3-4,9-12,14,19H,1-2,5-8,13,15H2/t19-/m1/s1. The molecule has 1 aliphatic carbocycles. The van der Waals surface area contributed by atoms with Gasteiger partial charge in [0.1, 0.15) is 0 Å². The number of para-hydroxylation sites is 1. The van der Waals surface area contributed by atoms with Crippen LogP contribution in [0.1, 0.15) is 58.1 Å². The fraction of sp³-hybridized carbons (Fsp3) is 0.391. The molecule has 2 heterocycles. The molecule has 2 aromatic carbocycles. The summed E-state index contributed by atoms with van der Waals surface area (Å²) in [5.41, 5.74) is 4.76. The summed E-state index contributed by atoms with van der Waals surface area (Å²) in [6.45, 7) is 1.65. The first-order valence-electron chi connectivity index (χ1n) is 10.0. The van der Waals surface area contributed by atoms with Gasteiger partial charge in [0.2, 0.25) is 0 Å². The van der Waals surface area contributed by atoms with E-state index in [1.807, 2.05) is 17.0 Å². The number of aryl methyl sites for hydroxylation is 2. The van der Waals surface area contributed by atoms with Crippen molar-refractivity contribution in [2.75, 3.05) is 13.1 Å². The molecule has 1 atom stereocenters. The molecule has 0 radical (unpaired) electrons. The summed E-state index contributed by atoms with van der Waals surface area (Å²) < 4.78 is 1.24. The van der Waals surface area contributed by atoms with Crippen LogP contribution in [0.3, 0.4) is 0 Å². The van der Waals surface area contributed by atoms with Gasteiger partial charge in [-0.25, -0.2) is 4.98 Å². The Morgan fingerprint density at radius 3 is 2.78 bits per heavy atom. The predicted octanol–water partition coefficient (Wildman–Crippen LogP) is 5.19. The molecule has 0 N–H and O–H groups in total. The lowest BCUT2D eigenvalue weighted by atomic mass is 9.90. The van der Waals surface area contributed by atoms with Gasteiger partial charge in [-0.1, -0.05) is 18.2 Å². The minimum absolute atomic E-state index is 0.189. The molecule has 0 bridgehead atoms. The van der Waals surface area contributed by atoms with Gasteiger partial charge in [0.15, 0.2) is 0 Å². The monoisotopic (exact) mass is 376 g/mol. The van der Waals surface area contributed by atoms with Gasteiger partial charge in [-0.15, -0.1) is 11.3 Å². The second-order valence-electron chi connectivity index (χ2n) is 7.80. The summed E-state index contributed by atoms with van der Waals surface area (Å²) in [5.74, 6) is 0.548. The number of aromatic nitrogens is 1. The third-order valence-corrected chi connectivity index (χ3v) is 7.16. The normalized spacial score (nSPS) is 19.9. The number of piperidine rings is 1. The number of carbonyl (C=O) groups is 1. The Labute approximate surface area is 164 Å². The van der Waals surface area contributed by atoms with Crippen molar-refractivity contribution < 1.29 is 4.79 Å². The number of nitrogens with zero attached hydrogens (tertiary/aromatic N) is 2. The zero-order valence-corrected chi connectivity index (χ0v) is 16.3. The Balaban J connectivity index is 1.36. The second-order valence-corrected chi connectivity index (χ2v) is 8.86. The molecule has 4 heteroatoms. The molecule has 0 unspecified atom stereocenters. The van der Waals surface area contributed by atoms with Crippen molar-refractivity contribution in [2.45, 2.75) is 44.4 Å². The Bertz CT molecular complexity index is 960. The summed E-state index contributed by atoms with van der Waals surface area (Å²) in [7, 11) is 0. The van der Waals surface area contributed by atoms with Crippen LogP contribution in [0.5, 0.6) is 0 Å². The van der Waals surface area contributed by atoms with Crippen molar-refractivity contribution in [3.63, 3.8) is 0 Å². The van der Waals surface area contributed by atoms with Crippen LogP contribution in [0.25, 0.3) is 10.2 Å². The highest BCUT2D eigenvalue weighted by Crippen LogP contribution is 2.33. The van der Waals surface area contributed by atoms with Gasteiger partial charge in [-0.3, -0.25) is 4.79 Å². The molecule has 1 amide bonds. The number of carbonyl (C=O) groups excluding carboxylic acids is 1. The highest BCUT2D eigenvalue weighted by molar-refractivity contribution is 7.18. The topological polar surface area (TPSA) is 33.2 Å². The number of hydrogen-bond donors (Lipinski definition) is 0. The van der Waals surface area contributed by atoms with E-state index in [2.05, 4.69) is 30.3 Å². The zero-order valence-electron chi connectivity index (χ0n) is 15.5. The third-order valence-electron chi connectivity index (χ3n) is 5.96. The third kappa shape index (κ3) is 3.27. The number of amides is 1. The van der Waals surface area contributed by atoms with E-state index in [4.69, 9.17) is 4.98 Å². The molecule has 0 saturated carbocycles. The van der Waals surface area contributed by atoms with Gasteiger partial charge in [0.05, 0.1) is 15.2 Å². The van der Waals surface area contributed by atoms with E-state index in [0.29, 0.717) is 5.92 Å². The Hall–Kier alpha value is -2.20. The van der Waals surface area contributed by atoms with Crippen molar-refractivity contribution in [1.82, 2.24) is 9.88 Å². The average Bonchev–Trinajstić information content (AvgIpc) is 3.17. The first-order valence-corrected chi connectivity index (χ1v) is 10.9. The van der Waals surface area contributed by atoms with E-state index >= 15 is 0 Å². The smallest absolute Gasteiger partial charge is 0.253 e. The molecular weight excluding hydrogens is 352 g/mol. The van der Waals surface area contributed by atoms with Crippen molar-refractivity contribution in [2.24, 2.45) is 0 Å². The van der Waals surface area contributed by atoms with Gasteiger partial charge in [0, 0.05) is 24.6 Å². The number of fused-ring (bicyclic) bond motifs is 2. The number of hydrogen-bond acceptors (Lipinski definition) is 3. The van der Waals surface area contributed by atoms with E-state index < -0.39 is 0 Å². The summed E-state index contributed by atoms with van der Waals surface area (Å²) in [5, 5.41) is 1.18. The van der Waals surface area contributed by atoms with E-state index in [1.54, 1.807) is 11.3 Å². The van der Waals surface area contributed by atoms with Crippen LogP contribution in [0, 0.1) is 0 Å². The molecule has 1 aromatic heterocycles. The van der Waals surface area contributed by atoms with Crippen LogP contribution in [0.4, 0.5) is 0 Å². The van der Waals surface area contributed by atoms with Crippen LogP contribution in [-0.4, -0.2) is 28.9 Å². The maximum atomic E-state index is 13.1. The average molecular weight is 377 g/mol. The van der Waals surface area contributed by atoms with Crippen LogP contribution in [0.2, 0.25) is 0 Å². The first kappa shape index (κ1) is 16.9. The molecule has 3 aromatic rings. The zero-order chi connectivity index (χ0) is 18.2. The number of thiazole rings is 1. The Morgan fingerprint density at radius 1 is 1.04 bits per heavy atom. The number of rotatable bonds is 2. The Morgan fingerprint density at radius 2 is 1.89 bits per heavy atom. The molecule has 1 fully saturated rings. The van der Waals surface area contributed by atoms with Gasteiger partial charge in [-0.05, 0) is 73.9 Å². The van der Waals surface area contributed by atoms with Crippen LogP contribution in [0.15, 0.2) is 42.5 Å². The molecule has 27 heavy (non-hydrogen) atoms. The summed E-state index contributed by atoms with van der Waals surface area (Å²) in [6, 6.07) is 14.7. The van der Waals surface area contributed by atoms with Crippen molar-refractivity contribution in [1.29, 1.82) is 0 Å². The lowest BCUT2D eigenvalue weighted by Crippen LogP contribution is -2.39. The number of likely N-dealkylation sites (tertiary alicyclic amines) is 1. The lowest BCUT2D eigenvalue weighted by molar-refractivity contribution is 0.0707. The minimum Gasteiger partial charge on any atom is -0.338 e. The van der Waals surface area contributed by atoms with Crippen LogP contribution < -0.4 is 0 Å². The number of benzene rings is 2. The largest absolute Gasteiger partial charge is 0.338 e. The van der Waals surface area contributed by atoms with Gasteiger partial charge in [-0.2, -0.15) is 0 Å². The van der Waals surface area contributed by atoms with E-state index in [0.717, 1.165) is 49.9 Å². The molecule has 138 valence electrons. The fourth-order valence-corrected chi connectivity index (χ4v) is 5.57. The molecule has 5 rings (SSSR count). The molecular formula is C23H24N2OS. The second kappa shape index (κ2) is 7.08. The maximum Gasteiger partial charge on any atom is 0.253 e. The quantitative estimate of drug-likeness (QED) is 0.616. The van der Waals surface area contributed by atoms with Crippen molar-refractivity contribution >= 4 is 27.5 Å². The lowest BCUT2D eigenvalue weighted by Gasteiger charge is -2.32. The Kier molecular flexibility index (Phi) is 4.44. The fourth-order valence-electron chi connectivity index (χ4n) is 4.48. The molecule has 2 aliphatic rings. The van der Waals surface area contributed by atoms with Crippen molar-refractivity contribution in [3.8, 4) is 0 Å². The van der Waals surface area contributed by atoms with E-state index in [9.17, 15) is 4.79 Å². The van der Waals surface area contributed by atoms with Crippen LogP contribution in [-0.2, 0) is 12.8 Å². The summed E-state index contributed by atoms with van der Waals surface area (Å²) in [6.07, 6.45) is 6.97. The highest BCUT2D eigenvalue weighted by Gasteiger charge is 2.28. The molecule has 0 spiro atoms. The highest BCUT2D eigenvalue weighted by atomic mass is 32.1. The van der Waals surface area contributed by atoms with Crippen molar-refractivity contribution in [3.05, 3.63) is 64.2 Å². The molecule has 1 aliphatic heterocycles. The van der Waals surface area contributed by atoms with Gasteiger partial charge in [0.25, 0.3) is 5.91 Å². The van der Waals surface area contributed by atoms with Gasteiger partial charge < -0.3 is 4.90 Å². The van der Waals surface area contributed by atoms with Gasteiger partial charge >= 0.3 is 0 Å². The predicted molar refractivity (Wildman–Crippen MR) is 111 cm³/mol. The SMILES string of the molecule is O=C(c1ccc2c(c1)CCCC2)N1CCC[C@@H](c2nc3ccccc3s2)C1. The van der Waals surface area contributed by atoms with E-state index in [1.165, 1.54) is 33.7 Å².